The summed E-state index contributed by atoms with van der Waals surface area (Å²) in [4.78, 5) is 43.0. The van der Waals surface area contributed by atoms with E-state index in [2.05, 4.69) is 42.7 Å². The summed E-state index contributed by atoms with van der Waals surface area (Å²) in [6.07, 6.45) is 49.0. The van der Waals surface area contributed by atoms with Crippen molar-refractivity contribution >= 4 is 19.8 Å². The fourth-order valence-corrected chi connectivity index (χ4v) is 7.12. The number of rotatable bonds is 43. The largest absolute Gasteiger partial charge is 0.469 e. The fourth-order valence-electron chi connectivity index (χ4n) is 6.76. The summed E-state index contributed by atoms with van der Waals surface area (Å²) in [5.41, 5.74) is 0. The monoisotopic (exact) mass is 799 g/mol. The molecule has 0 rings (SSSR count). The second kappa shape index (κ2) is 42.1. The van der Waals surface area contributed by atoms with Gasteiger partial charge in [0.05, 0.1) is 6.61 Å². The molecule has 0 fully saturated rings. The molecule has 0 radical (unpaired) electrons. The van der Waals surface area contributed by atoms with Crippen LogP contribution in [0.25, 0.3) is 0 Å². The Hall–Kier alpha value is -1.47. The van der Waals surface area contributed by atoms with E-state index >= 15 is 0 Å². The van der Waals surface area contributed by atoms with Gasteiger partial charge in [0.15, 0.2) is 6.10 Å². The summed E-state index contributed by atoms with van der Waals surface area (Å²) < 4.78 is 26.5. The van der Waals surface area contributed by atoms with Gasteiger partial charge in [0, 0.05) is 12.8 Å². The van der Waals surface area contributed by atoms with Crippen LogP contribution in [0.5, 0.6) is 0 Å². The van der Waals surface area contributed by atoms with E-state index in [4.69, 9.17) is 19.3 Å². The first-order chi connectivity index (χ1) is 26.8. The van der Waals surface area contributed by atoms with Crippen LogP contribution in [-0.2, 0) is 28.2 Å². The molecule has 0 amide bonds. The van der Waals surface area contributed by atoms with E-state index in [9.17, 15) is 14.2 Å². The Morgan fingerprint density at radius 1 is 0.473 bits per heavy atom. The Labute approximate surface area is 339 Å². The highest BCUT2D eigenvalue weighted by Crippen LogP contribution is 2.36. The first-order valence-corrected chi connectivity index (χ1v) is 24.7. The lowest BCUT2D eigenvalue weighted by Gasteiger charge is -2.18. The number of hydrogen-bond donors (Lipinski definition) is 2. The van der Waals surface area contributed by atoms with Crippen molar-refractivity contribution in [2.75, 3.05) is 13.2 Å². The average molecular weight is 799 g/mol. The maximum absolute atomic E-state index is 12.4. The SMILES string of the molecule is CCCCCCC/C=C\C/C=C\CCCCCCCCCCCC(=O)OC(COC(=O)CCCCCCCCCCCCCCCCCC)COP(=O)(O)O. The molecule has 0 bridgehead atoms. The maximum atomic E-state index is 12.4. The van der Waals surface area contributed by atoms with Gasteiger partial charge in [-0.25, -0.2) is 4.57 Å². The minimum atomic E-state index is -4.75. The molecule has 0 heterocycles. The Morgan fingerprint density at radius 3 is 1.20 bits per heavy atom. The maximum Gasteiger partial charge on any atom is 0.469 e. The van der Waals surface area contributed by atoms with Gasteiger partial charge in [-0.3, -0.25) is 14.1 Å². The third-order valence-electron chi connectivity index (χ3n) is 10.2. The van der Waals surface area contributed by atoms with Gasteiger partial charge in [0.2, 0.25) is 0 Å². The van der Waals surface area contributed by atoms with Crippen LogP contribution >= 0.6 is 7.82 Å². The van der Waals surface area contributed by atoms with Crippen molar-refractivity contribution in [3.05, 3.63) is 24.3 Å². The van der Waals surface area contributed by atoms with Crippen LogP contribution in [-0.4, -0.2) is 41.0 Å². The summed E-state index contributed by atoms with van der Waals surface area (Å²) >= 11 is 0. The Bertz CT molecular complexity index is 946. The van der Waals surface area contributed by atoms with Crippen molar-refractivity contribution < 1.29 is 37.9 Å². The molecule has 0 saturated heterocycles. The number of carbonyl (C=O) groups is 2. The number of phosphoric ester groups is 1. The van der Waals surface area contributed by atoms with E-state index in [1.165, 1.54) is 154 Å². The second-order valence-corrected chi connectivity index (χ2v) is 17.0. The number of phosphoric acid groups is 1. The Morgan fingerprint density at radius 2 is 0.818 bits per heavy atom. The molecular formula is C46H87O8P. The summed E-state index contributed by atoms with van der Waals surface area (Å²) in [6, 6.07) is 0. The third kappa shape index (κ3) is 45.1. The predicted octanol–water partition coefficient (Wildman–Crippen LogP) is 14.4. The molecule has 0 aromatic heterocycles. The molecule has 0 saturated carbocycles. The van der Waals surface area contributed by atoms with Crippen LogP contribution in [0.4, 0.5) is 0 Å². The highest BCUT2D eigenvalue weighted by molar-refractivity contribution is 7.46. The summed E-state index contributed by atoms with van der Waals surface area (Å²) in [5.74, 6) is -0.877. The van der Waals surface area contributed by atoms with Crippen molar-refractivity contribution in [1.82, 2.24) is 0 Å². The van der Waals surface area contributed by atoms with E-state index in [0.29, 0.717) is 6.42 Å². The molecule has 55 heavy (non-hydrogen) atoms. The van der Waals surface area contributed by atoms with E-state index < -0.39 is 32.5 Å². The molecule has 1 atom stereocenters. The highest BCUT2D eigenvalue weighted by atomic mass is 31.2. The number of ether oxygens (including phenoxy) is 2. The normalized spacial score (nSPS) is 12.6. The molecule has 9 heteroatoms. The molecule has 0 aromatic rings. The van der Waals surface area contributed by atoms with Crippen LogP contribution in [0.1, 0.15) is 239 Å². The predicted molar refractivity (Wildman–Crippen MR) is 230 cm³/mol. The first-order valence-electron chi connectivity index (χ1n) is 23.1. The molecule has 0 aliphatic heterocycles. The highest BCUT2D eigenvalue weighted by Gasteiger charge is 2.23. The molecule has 0 aromatic carbocycles. The van der Waals surface area contributed by atoms with E-state index in [1.807, 2.05) is 0 Å². The van der Waals surface area contributed by atoms with Crippen molar-refractivity contribution in [3.8, 4) is 0 Å². The average Bonchev–Trinajstić information content (AvgIpc) is 3.16. The molecule has 1 unspecified atom stereocenters. The van der Waals surface area contributed by atoms with Crippen molar-refractivity contribution in [1.29, 1.82) is 0 Å². The van der Waals surface area contributed by atoms with Crippen LogP contribution in [0.2, 0.25) is 0 Å². The van der Waals surface area contributed by atoms with Crippen molar-refractivity contribution in [2.45, 2.75) is 245 Å². The zero-order valence-electron chi connectivity index (χ0n) is 35.8. The molecule has 0 aliphatic carbocycles. The summed E-state index contributed by atoms with van der Waals surface area (Å²) in [7, 11) is -4.75. The van der Waals surface area contributed by atoms with Gasteiger partial charge in [-0.1, -0.05) is 205 Å². The topological polar surface area (TPSA) is 119 Å². The third-order valence-corrected chi connectivity index (χ3v) is 10.7. The van der Waals surface area contributed by atoms with Crippen LogP contribution < -0.4 is 0 Å². The van der Waals surface area contributed by atoms with Crippen LogP contribution in [0, 0.1) is 0 Å². The van der Waals surface area contributed by atoms with Gasteiger partial charge in [-0.15, -0.1) is 0 Å². The molecule has 324 valence electrons. The molecular weight excluding hydrogens is 711 g/mol. The van der Waals surface area contributed by atoms with E-state index in [1.54, 1.807) is 0 Å². The molecule has 0 spiro atoms. The number of carbonyl (C=O) groups excluding carboxylic acids is 2. The Kier molecular flexibility index (Phi) is 41.0. The van der Waals surface area contributed by atoms with Gasteiger partial charge in [-0.05, 0) is 44.9 Å². The number of hydrogen-bond acceptors (Lipinski definition) is 6. The van der Waals surface area contributed by atoms with Gasteiger partial charge < -0.3 is 19.3 Å². The van der Waals surface area contributed by atoms with Gasteiger partial charge in [-0.2, -0.15) is 0 Å². The number of allylic oxidation sites excluding steroid dienone is 4. The first kappa shape index (κ1) is 53.5. The van der Waals surface area contributed by atoms with Crippen LogP contribution in [0.15, 0.2) is 24.3 Å². The van der Waals surface area contributed by atoms with Gasteiger partial charge in [0.25, 0.3) is 0 Å². The molecule has 2 N–H and O–H groups in total. The van der Waals surface area contributed by atoms with Gasteiger partial charge in [0.1, 0.15) is 6.61 Å². The van der Waals surface area contributed by atoms with Crippen molar-refractivity contribution in [3.63, 3.8) is 0 Å². The lowest BCUT2D eigenvalue weighted by Crippen LogP contribution is -2.29. The molecule has 8 nitrogen and oxygen atoms in total. The lowest BCUT2D eigenvalue weighted by molar-refractivity contribution is -0.161. The zero-order chi connectivity index (χ0) is 40.3. The minimum Gasteiger partial charge on any atom is -0.462 e. The fraction of sp³-hybridized carbons (Fsp3) is 0.870. The minimum absolute atomic E-state index is 0.210. The van der Waals surface area contributed by atoms with Gasteiger partial charge >= 0.3 is 19.8 Å². The standard InChI is InChI=1S/C46H87O8P/c1-3-5-7-9-11-13-15-17-19-21-22-23-24-25-27-29-31-33-35-37-39-41-46(48)54-44(43-53-55(49,50)51)42-52-45(47)40-38-36-34-32-30-28-26-20-18-16-14-12-10-8-6-4-2/h15,17,21-22,44H,3-14,16,18-20,23-43H2,1-2H3,(H2,49,50,51)/b17-15-,22-21-. The van der Waals surface area contributed by atoms with E-state index in [0.717, 1.165) is 51.4 Å². The number of esters is 2. The summed E-state index contributed by atoms with van der Waals surface area (Å²) in [5, 5.41) is 0. The quantitative estimate of drug-likeness (QED) is 0.0271. The van der Waals surface area contributed by atoms with E-state index in [-0.39, 0.29) is 19.4 Å². The van der Waals surface area contributed by atoms with Crippen molar-refractivity contribution in [2.24, 2.45) is 0 Å². The molecule has 0 aliphatic rings. The summed E-state index contributed by atoms with van der Waals surface area (Å²) in [6.45, 7) is 3.70. The zero-order valence-corrected chi connectivity index (χ0v) is 36.7. The van der Waals surface area contributed by atoms with Crippen LogP contribution in [0.3, 0.4) is 0 Å². The Balaban J connectivity index is 3.85. The lowest BCUT2D eigenvalue weighted by atomic mass is 10.0. The smallest absolute Gasteiger partial charge is 0.462 e. The second-order valence-electron chi connectivity index (χ2n) is 15.7. The number of unbranched alkanes of at least 4 members (excludes halogenated alkanes) is 29.